The van der Waals surface area contributed by atoms with Crippen LogP contribution in [0.4, 0.5) is 13.2 Å². The molecule has 134 valence electrons. The van der Waals surface area contributed by atoms with Gasteiger partial charge in [-0.2, -0.15) is 13.2 Å². The van der Waals surface area contributed by atoms with Gasteiger partial charge in [0.2, 0.25) is 5.88 Å². The minimum atomic E-state index is -4.48. The summed E-state index contributed by atoms with van der Waals surface area (Å²) in [5.74, 6) is 0.965. The third-order valence-corrected chi connectivity index (χ3v) is 3.87. The molecule has 2 rings (SSSR count). The number of nitrogens with zero attached hydrogens (tertiary/aromatic N) is 3. The fraction of sp³-hybridized carbons (Fsp3) is 0.625. The molecule has 0 aliphatic carbocycles. The number of likely N-dealkylation sites (tertiary alicyclic amines) is 1. The summed E-state index contributed by atoms with van der Waals surface area (Å²) in [6, 6.07) is 2.21. The van der Waals surface area contributed by atoms with Crippen LogP contribution in [0.15, 0.2) is 23.3 Å². The van der Waals surface area contributed by atoms with Gasteiger partial charge in [0.25, 0.3) is 0 Å². The molecular weight excluding hydrogens is 321 g/mol. The zero-order valence-corrected chi connectivity index (χ0v) is 13.9. The molecule has 1 aromatic heterocycles. The average molecular weight is 344 g/mol. The van der Waals surface area contributed by atoms with E-state index in [9.17, 15) is 13.2 Å². The summed E-state index contributed by atoms with van der Waals surface area (Å²) in [7, 11) is 1.70. The monoisotopic (exact) mass is 344 g/mol. The van der Waals surface area contributed by atoms with Crippen LogP contribution in [0.2, 0.25) is 0 Å². The molecule has 0 aromatic carbocycles. The van der Waals surface area contributed by atoms with Gasteiger partial charge >= 0.3 is 6.18 Å². The van der Waals surface area contributed by atoms with Crippen LogP contribution >= 0.6 is 0 Å². The van der Waals surface area contributed by atoms with E-state index >= 15 is 0 Å². The van der Waals surface area contributed by atoms with Gasteiger partial charge in [0.1, 0.15) is 12.2 Å². The van der Waals surface area contributed by atoms with E-state index < -0.39 is 17.6 Å². The standard InChI is InChI=1S/C16H23F3N4O/c1-12-5-4-9-23(11-12)15(20-2)22-8-10-24-14-13(16(17,18)19)6-3-7-21-14/h3,6-7,12H,4-5,8-11H2,1-2H3,(H,20,22). The Hall–Kier alpha value is -1.99. The van der Waals surface area contributed by atoms with E-state index in [1.54, 1.807) is 7.05 Å². The molecule has 1 unspecified atom stereocenters. The SMILES string of the molecule is CN=C(NCCOc1ncccc1C(F)(F)F)N1CCCC(C)C1. The van der Waals surface area contributed by atoms with Gasteiger partial charge in [0.15, 0.2) is 5.96 Å². The van der Waals surface area contributed by atoms with E-state index in [1.807, 2.05) is 0 Å². The van der Waals surface area contributed by atoms with Gasteiger partial charge in [-0.15, -0.1) is 0 Å². The van der Waals surface area contributed by atoms with Gasteiger partial charge in [-0.05, 0) is 30.9 Å². The fourth-order valence-electron chi connectivity index (χ4n) is 2.75. The molecule has 1 aliphatic rings. The molecule has 1 atom stereocenters. The van der Waals surface area contributed by atoms with E-state index in [4.69, 9.17) is 4.74 Å². The van der Waals surface area contributed by atoms with Gasteiger partial charge in [0, 0.05) is 26.3 Å². The van der Waals surface area contributed by atoms with Crippen molar-refractivity contribution in [1.82, 2.24) is 15.2 Å². The molecule has 0 bridgehead atoms. The Kier molecular flexibility index (Phi) is 6.28. The van der Waals surface area contributed by atoms with Crippen molar-refractivity contribution in [2.24, 2.45) is 10.9 Å². The zero-order valence-electron chi connectivity index (χ0n) is 13.9. The van der Waals surface area contributed by atoms with Gasteiger partial charge in [-0.3, -0.25) is 4.99 Å². The number of aliphatic imine (C=N–C) groups is 1. The van der Waals surface area contributed by atoms with Crippen LogP contribution in [0.25, 0.3) is 0 Å². The lowest BCUT2D eigenvalue weighted by atomic mass is 10.0. The number of hydrogen-bond donors (Lipinski definition) is 1. The van der Waals surface area contributed by atoms with Crippen LogP contribution in [-0.4, -0.2) is 49.1 Å². The predicted molar refractivity (Wildman–Crippen MR) is 86.1 cm³/mol. The first-order chi connectivity index (χ1) is 11.4. The van der Waals surface area contributed by atoms with Crippen molar-refractivity contribution in [3.05, 3.63) is 23.9 Å². The largest absolute Gasteiger partial charge is 0.475 e. The molecular formula is C16H23F3N4O. The first kappa shape index (κ1) is 18.4. The maximum Gasteiger partial charge on any atom is 0.421 e. The van der Waals surface area contributed by atoms with Crippen LogP contribution in [0, 0.1) is 5.92 Å². The molecule has 1 saturated heterocycles. The second-order valence-electron chi connectivity index (χ2n) is 5.87. The smallest absolute Gasteiger partial charge is 0.421 e. The molecule has 0 radical (unpaired) electrons. The van der Waals surface area contributed by atoms with Crippen LogP contribution in [0.1, 0.15) is 25.3 Å². The lowest BCUT2D eigenvalue weighted by molar-refractivity contribution is -0.139. The number of pyridine rings is 1. The molecule has 1 aliphatic heterocycles. The predicted octanol–water partition coefficient (Wildman–Crippen LogP) is 2.79. The molecule has 5 nitrogen and oxygen atoms in total. The van der Waals surface area contributed by atoms with Crippen LogP contribution in [0.3, 0.4) is 0 Å². The normalized spacial score (nSPS) is 19.3. The highest BCUT2D eigenvalue weighted by Crippen LogP contribution is 2.34. The van der Waals surface area contributed by atoms with E-state index in [1.165, 1.54) is 18.7 Å². The van der Waals surface area contributed by atoms with Gasteiger partial charge in [-0.1, -0.05) is 6.92 Å². The summed E-state index contributed by atoms with van der Waals surface area (Å²) >= 11 is 0. The zero-order chi connectivity index (χ0) is 17.6. The molecule has 24 heavy (non-hydrogen) atoms. The van der Waals surface area contributed by atoms with Crippen molar-refractivity contribution in [2.45, 2.75) is 25.9 Å². The summed E-state index contributed by atoms with van der Waals surface area (Å²) in [4.78, 5) is 10.1. The maximum absolute atomic E-state index is 12.9. The van der Waals surface area contributed by atoms with Crippen molar-refractivity contribution in [2.75, 3.05) is 33.3 Å². The van der Waals surface area contributed by atoms with E-state index in [2.05, 4.69) is 27.1 Å². The number of alkyl halides is 3. The quantitative estimate of drug-likeness (QED) is 0.518. The molecule has 1 aromatic rings. The average Bonchev–Trinajstić information content (AvgIpc) is 2.54. The van der Waals surface area contributed by atoms with Gasteiger partial charge in [0.05, 0.1) is 6.54 Å². The molecule has 0 saturated carbocycles. The third-order valence-electron chi connectivity index (χ3n) is 3.87. The minimum absolute atomic E-state index is 0.0719. The number of ether oxygens (including phenoxy) is 1. The van der Waals surface area contributed by atoms with E-state index in [0.717, 1.165) is 31.5 Å². The lowest BCUT2D eigenvalue weighted by Gasteiger charge is -2.33. The van der Waals surface area contributed by atoms with Crippen LogP contribution in [-0.2, 0) is 6.18 Å². The maximum atomic E-state index is 12.9. The van der Waals surface area contributed by atoms with Crippen molar-refractivity contribution >= 4 is 5.96 Å². The Bertz CT molecular complexity index is 562. The number of guanidine groups is 1. The van der Waals surface area contributed by atoms with Crippen molar-refractivity contribution in [3.8, 4) is 5.88 Å². The third kappa shape index (κ3) is 5.01. The number of hydrogen-bond acceptors (Lipinski definition) is 3. The van der Waals surface area contributed by atoms with Gasteiger partial charge < -0.3 is 15.0 Å². The Morgan fingerprint density at radius 1 is 1.50 bits per heavy atom. The first-order valence-electron chi connectivity index (χ1n) is 8.02. The second kappa shape index (κ2) is 8.21. The summed E-state index contributed by atoms with van der Waals surface area (Å²) in [6.45, 7) is 4.48. The Morgan fingerprint density at radius 3 is 2.96 bits per heavy atom. The Balaban J connectivity index is 1.84. The van der Waals surface area contributed by atoms with Crippen molar-refractivity contribution in [3.63, 3.8) is 0 Å². The molecule has 8 heteroatoms. The van der Waals surface area contributed by atoms with Gasteiger partial charge in [-0.25, -0.2) is 4.98 Å². The number of aromatic nitrogens is 1. The summed E-state index contributed by atoms with van der Waals surface area (Å²) in [5.41, 5.74) is -0.862. The number of rotatable bonds is 4. The first-order valence-corrected chi connectivity index (χ1v) is 8.02. The fourth-order valence-corrected chi connectivity index (χ4v) is 2.75. The van der Waals surface area contributed by atoms with Crippen LogP contribution < -0.4 is 10.1 Å². The highest BCUT2D eigenvalue weighted by atomic mass is 19.4. The van der Waals surface area contributed by atoms with Crippen molar-refractivity contribution < 1.29 is 17.9 Å². The molecule has 2 heterocycles. The number of nitrogens with one attached hydrogen (secondary N) is 1. The lowest BCUT2D eigenvalue weighted by Crippen LogP contribution is -2.47. The number of piperidine rings is 1. The summed E-state index contributed by atoms with van der Waals surface area (Å²) in [6.07, 6.45) is -0.874. The topological polar surface area (TPSA) is 49.8 Å². The molecule has 0 amide bonds. The van der Waals surface area contributed by atoms with E-state index in [0.29, 0.717) is 12.5 Å². The highest BCUT2D eigenvalue weighted by Gasteiger charge is 2.35. The second-order valence-corrected chi connectivity index (χ2v) is 5.87. The Morgan fingerprint density at radius 2 is 2.29 bits per heavy atom. The minimum Gasteiger partial charge on any atom is -0.475 e. The number of halogens is 3. The highest BCUT2D eigenvalue weighted by molar-refractivity contribution is 5.79. The van der Waals surface area contributed by atoms with E-state index in [-0.39, 0.29) is 6.61 Å². The summed E-state index contributed by atoms with van der Waals surface area (Å²) < 4.78 is 43.8. The summed E-state index contributed by atoms with van der Waals surface area (Å²) in [5, 5.41) is 3.13. The molecule has 0 spiro atoms. The molecule has 1 fully saturated rings. The van der Waals surface area contributed by atoms with Crippen molar-refractivity contribution in [1.29, 1.82) is 0 Å². The Labute approximate surface area is 139 Å². The molecule has 1 N–H and O–H groups in total. The van der Waals surface area contributed by atoms with Crippen LogP contribution in [0.5, 0.6) is 5.88 Å².